The second kappa shape index (κ2) is 8.32. The highest BCUT2D eigenvalue weighted by Gasteiger charge is 2.28. The summed E-state index contributed by atoms with van der Waals surface area (Å²) in [5.41, 5.74) is 0.985. The lowest BCUT2D eigenvalue weighted by atomic mass is 10.3. The SMILES string of the molecule is CN(C)c1ccc(OC2CCN(C(=O)CSc3nc4ccccc4s3)C2)nn1. The van der Waals surface area contributed by atoms with Crippen LogP contribution in [0.15, 0.2) is 40.7 Å². The van der Waals surface area contributed by atoms with Crippen molar-refractivity contribution in [3.05, 3.63) is 36.4 Å². The van der Waals surface area contributed by atoms with Gasteiger partial charge in [0.2, 0.25) is 11.8 Å². The number of thiazole rings is 1. The first-order valence-corrected chi connectivity index (χ1v) is 10.8. The summed E-state index contributed by atoms with van der Waals surface area (Å²) in [5.74, 6) is 1.78. The number of hydrogen-bond donors (Lipinski definition) is 0. The van der Waals surface area contributed by atoms with Crippen molar-refractivity contribution in [3.8, 4) is 5.88 Å². The summed E-state index contributed by atoms with van der Waals surface area (Å²) in [6, 6.07) is 11.7. The molecule has 7 nitrogen and oxygen atoms in total. The van der Waals surface area contributed by atoms with Gasteiger partial charge >= 0.3 is 0 Å². The molecule has 28 heavy (non-hydrogen) atoms. The first-order valence-electron chi connectivity index (χ1n) is 9.02. The van der Waals surface area contributed by atoms with Gasteiger partial charge in [-0.15, -0.1) is 21.5 Å². The Hall–Kier alpha value is -2.39. The molecule has 1 saturated heterocycles. The number of rotatable bonds is 6. The molecule has 1 aliphatic rings. The molecular weight excluding hydrogens is 394 g/mol. The smallest absolute Gasteiger partial charge is 0.233 e. The number of benzene rings is 1. The molecule has 146 valence electrons. The summed E-state index contributed by atoms with van der Waals surface area (Å²) in [5, 5.41) is 8.22. The van der Waals surface area contributed by atoms with Crippen LogP contribution in [0.25, 0.3) is 10.2 Å². The van der Waals surface area contributed by atoms with Gasteiger partial charge in [0.1, 0.15) is 6.10 Å². The molecule has 1 aromatic carbocycles. The van der Waals surface area contributed by atoms with Gasteiger partial charge in [0.05, 0.1) is 22.5 Å². The molecule has 1 aliphatic heterocycles. The van der Waals surface area contributed by atoms with E-state index in [4.69, 9.17) is 4.74 Å². The predicted molar refractivity (Wildman–Crippen MR) is 112 cm³/mol. The normalized spacial score (nSPS) is 16.5. The van der Waals surface area contributed by atoms with E-state index in [-0.39, 0.29) is 12.0 Å². The number of carbonyl (C=O) groups excluding carboxylic acids is 1. The van der Waals surface area contributed by atoms with Gasteiger partial charge < -0.3 is 14.5 Å². The van der Waals surface area contributed by atoms with Crippen LogP contribution in [0.5, 0.6) is 5.88 Å². The maximum absolute atomic E-state index is 12.5. The highest BCUT2D eigenvalue weighted by Crippen LogP contribution is 2.29. The predicted octanol–water partition coefficient (Wildman–Crippen LogP) is 2.92. The quantitative estimate of drug-likeness (QED) is 0.573. The minimum atomic E-state index is -0.0455. The van der Waals surface area contributed by atoms with E-state index in [9.17, 15) is 4.79 Å². The minimum Gasteiger partial charge on any atom is -0.471 e. The van der Waals surface area contributed by atoms with E-state index in [1.807, 2.05) is 54.2 Å². The summed E-state index contributed by atoms with van der Waals surface area (Å²) >= 11 is 3.12. The van der Waals surface area contributed by atoms with Crippen molar-refractivity contribution in [2.45, 2.75) is 16.9 Å². The van der Waals surface area contributed by atoms with Gasteiger partial charge in [-0.25, -0.2) is 4.98 Å². The van der Waals surface area contributed by atoms with E-state index >= 15 is 0 Å². The molecule has 0 saturated carbocycles. The number of ether oxygens (including phenoxy) is 1. The Morgan fingerprint density at radius 3 is 2.89 bits per heavy atom. The topological polar surface area (TPSA) is 71.5 Å². The number of carbonyl (C=O) groups is 1. The van der Waals surface area contributed by atoms with Gasteiger partial charge in [-0.3, -0.25) is 4.79 Å². The number of para-hydroxylation sites is 1. The molecule has 0 bridgehead atoms. The summed E-state index contributed by atoms with van der Waals surface area (Å²) in [6.07, 6.45) is 0.755. The third kappa shape index (κ3) is 4.36. The molecule has 3 heterocycles. The second-order valence-corrected chi connectivity index (χ2v) is 8.98. The molecule has 2 aromatic heterocycles. The summed E-state index contributed by atoms with van der Waals surface area (Å²) in [6.45, 7) is 1.28. The van der Waals surface area contributed by atoms with Crippen molar-refractivity contribution >= 4 is 45.0 Å². The molecule has 0 spiro atoms. The Morgan fingerprint density at radius 2 is 2.14 bits per heavy atom. The van der Waals surface area contributed by atoms with E-state index in [2.05, 4.69) is 21.2 Å². The fraction of sp³-hybridized carbons (Fsp3) is 0.368. The molecule has 3 aromatic rings. The van der Waals surface area contributed by atoms with Gasteiger partial charge in [0.25, 0.3) is 0 Å². The van der Waals surface area contributed by atoms with Crippen LogP contribution in [0.3, 0.4) is 0 Å². The Labute approximate surface area is 171 Å². The van der Waals surface area contributed by atoms with Gasteiger partial charge in [-0.2, -0.15) is 0 Å². The molecular formula is C19H21N5O2S2. The van der Waals surface area contributed by atoms with Crippen LogP contribution in [0.4, 0.5) is 5.82 Å². The lowest BCUT2D eigenvalue weighted by Gasteiger charge is -2.16. The Kier molecular flexibility index (Phi) is 5.63. The Bertz CT molecular complexity index is 927. The van der Waals surface area contributed by atoms with E-state index in [1.54, 1.807) is 11.3 Å². The monoisotopic (exact) mass is 415 g/mol. The number of likely N-dealkylation sites (tertiary alicyclic amines) is 1. The summed E-state index contributed by atoms with van der Waals surface area (Å²) in [7, 11) is 3.83. The number of thioether (sulfide) groups is 1. The van der Waals surface area contributed by atoms with Crippen LogP contribution in [0.2, 0.25) is 0 Å². The first-order chi connectivity index (χ1) is 13.6. The second-order valence-electron chi connectivity index (χ2n) is 6.73. The standard InChI is InChI=1S/C19H21N5O2S2/c1-23(2)16-7-8-17(22-21-16)26-13-9-10-24(11-13)18(25)12-27-19-20-14-5-3-4-6-15(14)28-19/h3-8,13H,9-12H2,1-2H3. The van der Waals surface area contributed by atoms with E-state index in [0.29, 0.717) is 24.7 Å². The van der Waals surface area contributed by atoms with Crippen LogP contribution in [0.1, 0.15) is 6.42 Å². The van der Waals surface area contributed by atoms with Crippen LogP contribution in [-0.4, -0.2) is 65.0 Å². The number of hydrogen-bond acceptors (Lipinski definition) is 8. The first kappa shape index (κ1) is 18.9. The molecule has 1 amide bonds. The molecule has 1 atom stereocenters. The molecule has 0 aliphatic carbocycles. The van der Waals surface area contributed by atoms with Crippen molar-refractivity contribution in [3.63, 3.8) is 0 Å². The van der Waals surface area contributed by atoms with E-state index in [0.717, 1.165) is 26.8 Å². The number of amides is 1. The number of fused-ring (bicyclic) bond motifs is 1. The van der Waals surface area contributed by atoms with E-state index in [1.165, 1.54) is 11.8 Å². The summed E-state index contributed by atoms with van der Waals surface area (Å²) < 4.78 is 7.97. The zero-order valence-corrected chi connectivity index (χ0v) is 17.4. The maximum atomic E-state index is 12.5. The maximum Gasteiger partial charge on any atom is 0.233 e. The molecule has 4 rings (SSSR count). The van der Waals surface area contributed by atoms with Crippen molar-refractivity contribution in [2.24, 2.45) is 0 Å². The molecule has 1 fully saturated rings. The van der Waals surface area contributed by atoms with Gasteiger partial charge in [0, 0.05) is 33.1 Å². The fourth-order valence-electron chi connectivity index (χ4n) is 2.96. The number of nitrogens with zero attached hydrogens (tertiary/aromatic N) is 5. The minimum absolute atomic E-state index is 0.0455. The molecule has 1 unspecified atom stereocenters. The lowest BCUT2D eigenvalue weighted by molar-refractivity contribution is -0.127. The van der Waals surface area contributed by atoms with E-state index < -0.39 is 0 Å². The summed E-state index contributed by atoms with van der Waals surface area (Å²) in [4.78, 5) is 20.9. The molecule has 9 heteroatoms. The zero-order valence-electron chi connectivity index (χ0n) is 15.7. The van der Waals surface area contributed by atoms with Crippen molar-refractivity contribution in [1.29, 1.82) is 0 Å². The third-order valence-corrected chi connectivity index (χ3v) is 6.63. The average Bonchev–Trinajstić information content (AvgIpc) is 3.33. The number of aromatic nitrogens is 3. The van der Waals surface area contributed by atoms with Crippen molar-refractivity contribution in [2.75, 3.05) is 37.8 Å². The third-order valence-electron chi connectivity index (χ3n) is 4.46. The molecule has 0 N–H and O–H groups in total. The fourth-order valence-corrected chi connectivity index (χ4v) is 4.93. The Balaban J connectivity index is 1.27. The highest BCUT2D eigenvalue weighted by atomic mass is 32.2. The van der Waals surface area contributed by atoms with Crippen molar-refractivity contribution in [1.82, 2.24) is 20.1 Å². The average molecular weight is 416 g/mol. The van der Waals surface area contributed by atoms with Crippen molar-refractivity contribution < 1.29 is 9.53 Å². The van der Waals surface area contributed by atoms with Gasteiger partial charge in [-0.05, 0) is 18.2 Å². The molecule has 0 radical (unpaired) electrons. The number of anilines is 1. The largest absolute Gasteiger partial charge is 0.471 e. The van der Waals surface area contributed by atoms with Crippen LogP contribution in [-0.2, 0) is 4.79 Å². The van der Waals surface area contributed by atoms with Crippen LogP contribution in [0, 0.1) is 0 Å². The lowest BCUT2D eigenvalue weighted by Crippen LogP contribution is -2.32. The van der Waals surface area contributed by atoms with Crippen LogP contribution < -0.4 is 9.64 Å². The highest BCUT2D eigenvalue weighted by molar-refractivity contribution is 8.01. The zero-order chi connectivity index (χ0) is 19.5. The van der Waals surface area contributed by atoms with Crippen LogP contribution >= 0.6 is 23.1 Å². The van der Waals surface area contributed by atoms with Gasteiger partial charge in [0.15, 0.2) is 10.2 Å². The Morgan fingerprint density at radius 1 is 1.29 bits per heavy atom. The van der Waals surface area contributed by atoms with Gasteiger partial charge in [-0.1, -0.05) is 23.9 Å².